The Balaban J connectivity index is 2.72. The monoisotopic (exact) mass is 226 g/mol. The number of hydrogen-bond acceptors (Lipinski definition) is 1. The van der Waals surface area contributed by atoms with E-state index in [0.29, 0.717) is 0 Å². The van der Waals surface area contributed by atoms with E-state index in [2.05, 4.69) is 25.1 Å². The summed E-state index contributed by atoms with van der Waals surface area (Å²) in [6.07, 6.45) is 9.40. The molecular weight excluding hydrogens is 208 g/mol. The van der Waals surface area contributed by atoms with Gasteiger partial charge in [0.25, 0.3) is 0 Å². The lowest BCUT2D eigenvalue weighted by molar-refractivity contribution is -0.112. The van der Waals surface area contributed by atoms with E-state index in [-0.39, 0.29) is 5.78 Å². The lowest BCUT2D eigenvalue weighted by Crippen LogP contribution is -1.79. The van der Waals surface area contributed by atoms with Gasteiger partial charge in [-0.2, -0.15) is 0 Å². The van der Waals surface area contributed by atoms with Crippen molar-refractivity contribution in [1.29, 1.82) is 0 Å². The lowest BCUT2D eigenvalue weighted by Gasteiger charge is -1.98. The van der Waals surface area contributed by atoms with Crippen LogP contribution in [0.15, 0.2) is 54.1 Å². The van der Waals surface area contributed by atoms with Crippen molar-refractivity contribution in [3.05, 3.63) is 65.3 Å². The Bertz CT molecular complexity index is 476. The van der Waals surface area contributed by atoms with Crippen LogP contribution in [-0.2, 0) is 4.79 Å². The quantitative estimate of drug-likeness (QED) is 0.558. The van der Waals surface area contributed by atoms with E-state index in [4.69, 9.17) is 0 Å². The minimum absolute atomic E-state index is 0.0666. The molecule has 0 heterocycles. The molecule has 0 radical (unpaired) electrons. The zero-order chi connectivity index (χ0) is 12.7. The van der Waals surface area contributed by atoms with Crippen LogP contribution < -0.4 is 0 Å². The fraction of sp³-hybridized carbons (Fsp3) is 0.188. The summed E-state index contributed by atoms with van der Waals surface area (Å²) in [6.45, 7) is 5.65. The molecule has 0 atom stereocenters. The van der Waals surface area contributed by atoms with Crippen molar-refractivity contribution in [3.63, 3.8) is 0 Å². The zero-order valence-corrected chi connectivity index (χ0v) is 10.6. The highest BCUT2D eigenvalue weighted by Gasteiger charge is 1.90. The molecule has 17 heavy (non-hydrogen) atoms. The van der Waals surface area contributed by atoms with E-state index in [1.165, 1.54) is 11.1 Å². The molecule has 0 aliphatic rings. The van der Waals surface area contributed by atoms with Crippen LogP contribution in [0.25, 0.3) is 6.08 Å². The predicted molar refractivity (Wildman–Crippen MR) is 73.8 cm³/mol. The third kappa shape index (κ3) is 5.12. The van der Waals surface area contributed by atoms with E-state index in [1.807, 2.05) is 31.2 Å². The molecule has 0 aromatic heterocycles. The van der Waals surface area contributed by atoms with Crippen molar-refractivity contribution in [3.8, 4) is 0 Å². The molecule has 1 heteroatoms. The number of allylic oxidation sites excluding steroid dienone is 5. The van der Waals surface area contributed by atoms with Crippen molar-refractivity contribution < 1.29 is 4.79 Å². The third-order valence-electron chi connectivity index (χ3n) is 2.40. The Morgan fingerprint density at radius 3 is 2.47 bits per heavy atom. The van der Waals surface area contributed by atoms with E-state index >= 15 is 0 Å². The number of ketones is 1. The van der Waals surface area contributed by atoms with Gasteiger partial charge >= 0.3 is 0 Å². The van der Waals surface area contributed by atoms with Gasteiger partial charge in [0.2, 0.25) is 0 Å². The van der Waals surface area contributed by atoms with Gasteiger partial charge in [-0.15, -0.1) is 0 Å². The van der Waals surface area contributed by atoms with Gasteiger partial charge in [0.1, 0.15) is 0 Å². The van der Waals surface area contributed by atoms with Gasteiger partial charge in [-0.1, -0.05) is 54.1 Å². The van der Waals surface area contributed by atoms with Crippen LogP contribution in [0.1, 0.15) is 25.0 Å². The summed E-state index contributed by atoms with van der Waals surface area (Å²) in [6, 6.07) is 8.24. The standard InChI is InChI=1S/C16H18O/c1-13(7-6-9-15(3)17)11-12-16-10-5-4-8-14(16)2/h4-12H,1-3H3. The van der Waals surface area contributed by atoms with E-state index in [1.54, 1.807) is 19.1 Å². The minimum Gasteiger partial charge on any atom is -0.295 e. The molecule has 0 spiro atoms. The van der Waals surface area contributed by atoms with Crippen molar-refractivity contribution in [2.24, 2.45) is 0 Å². The Morgan fingerprint density at radius 1 is 1.12 bits per heavy atom. The highest BCUT2D eigenvalue weighted by Crippen LogP contribution is 2.10. The zero-order valence-electron chi connectivity index (χ0n) is 10.6. The summed E-state index contributed by atoms with van der Waals surface area (Å²) in [5.74, 6) is 0.0666. The molecule has 0 aliphatic carbocycles. The van der Waals surface area contributed by atoms with Crippen molar-refractivity contribution in [1.82, 2.24) is 0 Å². The molecule has 1 nitrogen and oxygen atoms in total. The number of benzene rings is 1. The Labute approximate surface area is 103 Å². The number of carbonyl (C=O) groups is 1. The molecule has 1 aromatic carbocycles. The van der Waals surface area contributed by atoms with Gasteiger partial charge in [0.15, 0.2) is 5.78 Å². The molecule has 0 amide bonds. The van der Waals surface area contributed by atoms with Crippen LogP contribution in [0.5, 0.6) is 0 Å². The number of aryl methyl sites for hydroxylation is 1. The SMILES string of the molecule is CC(=O)C=CC=C(C)C=Cc1ccccc1C. The molecule has 0 fully saturated rings. The molecule has 0 aliphatic heterocycles. The normalized spacial score (nSPS) is 12.5. The molecule has 0 saturated heterocycles. The highest BCUT2D eigenvalue weighted by molar-refractivity contribution is 5.87. The maximum Gasteiger partial charge on any atom is 0.152 e. The first-order chi connectivity index (χ1) is 8.09. The van der Waals surface area contributed by atoms with Crippen LogP contribution in [0.2, 0.25) is 0 Å². The second-order valence-electron chi connectivity index (χ2n) is 4.07. The van der Waals surface area contributed by atoms with Gasteiger partial charge in [-0.25, -0.2) is 0 Å². The maximum atomic E-state index is 10.7. The van der Waals surface area contributed by atoms with Gasteiger partial charge in [-0.05, 0) is 38.0 Å². The first-order valence-electron chi connectivity index (χ1n) is 5.69. The lowest BCUT2D eigenvalue weighted by atomic mass is 10.1. The number of carbonyl (C=O) groups excluding carboxylic acids is 1. The van der Waals surface area contributed by atoms with Crippen LogP contribution in [0.4, 0.5) is 0 Å². The molecule has 0 N–H and O–H groups in total. The minimum atomic E-state index is 0.0666. The third-order valence-corrected chi connectivity index (χ3v) is 2.40. The van der Waals surface area contributed by atoms with Crippen LogP contribution >= 0.6 is 0 Å². The molecule has 0 unspecified atom stereocenters. The van der Waals surface area contributed by atoms with E-state index in [0.717, 1.165) is 5.57 Å². The smallest absolute Gasteiger partial charge is 0.152 e. The van der Waals surface area contributed by atoms with Crippen molar-refractivity contribution >= 4 is 11.9 Å². The van der Waals surface area contributed by atoms with Gasteiger partial charge in [0.05, 0.1) is 0 Å². The average Bonchev–Trinajstić information content (AvgIpc) is 2.27. The van der Waals surface area contributed by atoms with Crippen molar-refractivity contribution in [2.75, 3.05) is 0 Å². The Morgan fingerprint density at radius 2 is 1.82 bits per heavy atom. The number of rotatable bonds is 4. The van der Waals surface area contributed by atoms with Crippen LogP contribution in [0, 0.1) is 6.92 Å². The van der Waals surface area contributed by atoms with Gasteiger partial charge in [-0.3, -0.25) is 4.79 Å². The maximum absolute atomic E-state index is 10.7. The largest absolute Gasteiger partial charge is 0.295 e. The summed E-state index contributed by atoms with van der Waals surface area (Å²) in [4.78, 5) is 10.7. The van der Waals surface area contributed by atoms with Crippen LogP contribution in [-0.4, -0.2) is 5.78 Å². The molecule has 0 bridgehead atoms. The highest BCUT2D eigenvalue weighted by atomic mass is 16.1. The Hall–Kier alpha value is -1.89. The summed E-state index contributed by atoms with van der Waals surface area (Å²) < 4.78 is 0. The first-order valence-corrected chi connectivity index (χ1v) is 5.69. The summed E-state index contributed by atoms with van der Waals surface area (Å²) in [7, 11) is 0. The van der Waals surface area contributed by atoms with Gasteiger partial charge < -0.3 is 0 Å². The van der Waals surface area contributed by atoms with Crippen LogP contribution in [0.3, 0.4) is 0 Å². The van der Waals surface area contributed by atoms with E-state index in [9.17, 15) is 4.79 Å². The molecule has 1 aromatic rings. The summed E-state index contributed by atoms with van der Waals surface area (Å²) >= 11 is 0. The first kappa shape index (κ1) is 13.2. The van der Waals surface area contributed by atoms with Crippen molar-refractivity contribution in [2.45, 2.75) is 20.8 Å². The predicted octanol–water partition coefficient (Wildman–Crippen LogP) is 4.10. The number of hydrogen-bond donors (Lipinski definition) is 0. The second kappa shape index (κ2) is 6.64. The summed E-state index contributed by atoms with van der Waals surface area (Å²) in [5.41, 5.74) is 3.59. The molecule has 0 saturated carbocycles. The molecule has 88 valence electrons. The molecular formula is C16H18O. The fourth-order valence-electron chi connectivity index (χ4n) is 1.39. The summed E-state index contributed by atoms with van der Waals surface area (Å²) in [5, 5.41) is 0. The fourth-order valence-corrected chi connectivity index (χ4v) is 1.39. The average molecular weight is 226 g/mol. The Kier molecular flexibility index (Phi) is 5.15. The molecule has 1 rings (SSSR count). The van der Waals surface area contributed by atoms with Gasteiger partial charge in [0, 0.05) is 0 Å². The second-order valence-corrected chi connectivity index (χ2v) is 4.07. The topological polar surface area (TPSA) is 17.1 Å². The van der Waals surface area contributed by atoms with E-state index < -0.39 is 0 Å².